The van der Waals surface area contributed by atoms with Gasteiger partial charge in [-0.05, 0) is 74.0 Å². The molecule has 0 unspecified atom stereocenters. The third-order valence-electron chi connectivity index (χ3n) is 10.2. The minimum absolute atomic E-state index is 0.0286. The van der Waals surface area contributed by atoms with E-state index in [4.69, 9.17) is 18.9 Å². The quantitative estimate of drug-likeness (QED) is 0.114. The smallest absolute Gasteiger partial charge is 0.302 e. The highest BCUT2D eigenvalue weighted by atomic mass is 16.6. The molecule has 0 heterocycles. The molecule has 2 saturated carbocycles. The Morgan fingerprint density at radius 2 is 1.70 bits per heavy atom. The van der Waals surface area contributed by atoms with Crippen molar-refractivity contribution in [3.8, 4) is 23.0 Å². The third kappa shape index (κ3) is 4.98. The van der Waals surface area contributed by atoms with Crippen LogP contribution in [0.5, 0.6) is 23.0 Å². The highest BCUT2D eigenvalue weighted by Gasteiger charge is 2.56. The molecule has 5 atom stereocenters. The number of nitro benzene ring substituents is 1. The van der Waals surface area contributed by atoms with Crippen LogP contribution in [-0.2, 0) is 16.0 Å². The van der Waals surface area contributed by atoms with Crippen molar-refractivity contribution in [2.45, 2.75) is 64.4 Å². The zero-order chi connectivity index (χ0) is 31.2. The molecule has 9 heteroatoms. The highest BCUT2D eigenvalue weighted by molar-refractivity contribution is 6.11. The molecule has 230 valence electrons. The van der Waals surface area contributed by atoms with E-state index in [-0.39, 0.29) is 34.5 Å². The van der Waals surface area contributed by atoms with E-state index in [1.807, 2.05) is 6.07 Å². The van der Waals surface area contributed by atoms with Crippen LogP contribution in [0.4, 0.5) is 5.69 Å². The SMILES string of the molecule is COc1cc2c(c(OC)c1Oc1ccc([N+](=O)[O-])cc1C(=O)c1ccccc1)CC[C@@H]1[C@@H]2CC[C@]2(C)[C@@H](OC(C)=O)CC[C@@H]12. The summed E-state index contributed by atoms with van der Waals surface area (Å²) in [6.45, 7) is 3.79. The van der Waals surface area contributed by atoms with Gasteiger partial charge in [0.15, 0.2) is 17.3 Å². The van der Waals surface area contributed by atoms with Gasteiger partial charge in [-0.2, -0.15) is 0 Å². The van der Waals surface area contributed by atoms with E-state index in [0.717, 1.165) is 44.1 Å². The number of nitrogens with zero attached hydrogens (tertiary/aromatic N) is 1. The Labute approximate surface area is 256 Å². The normalized spacial score (nSPS) is 25.2. The number of carbonyl (C=O) groups is 2. The van der Waals surface area contributed by atoms with E-state index in [2.05, 4.69) is 6.92 Å². The molecular formula is C35H37NO8. The van der Waals surface area contributed by atoms with Crippen molar-refractivity contribution in [3.05, 3.63) is 87.0 Å². The minimum Gasteiger partial charge on any atom is -0.493 e. The van der Waals surface area contributed by atoms with Crippen LogP contribution < -0.4 is 14.2 Å². The topological polar surface area (TPSA) is 114 Å². The Morgan fingerprint density at radius 1 is 0.932 bits per heavy atom. The zero-order valence-electron chi connectivity index (χ0n) is 25.5. The molecular weight excluding hydrogens is 562 g/mol. The molecule has 0 bridgehead atoms. The number of non-ortho nitro benzene ring substituents is 1. The van der Waals surface area contributed by atoms with E-state index < -0.39 is 10.7 Å². The van der Waals surface area contributed by atoms with Crippen LogP contribution in [-0.4, -0.2) is 37.0 Å². The number of hydrogen-bond donors (Lipinski definition) is 0. The highest BCUT2D eigenvalue weighted by Crippen LogP contribution is 2.63. The van der Waals surface area contributed by atoms with Crippen molar-refractivity contribution < 1.29 is 33.5 Å². The summed E-state index contributed by atoms with van der Waals surface area (Å²) in [5, 5.41) is 11.6. The van der Waals surface area contributed by atoms with Crippen LogP contribution >= 0.6 is 0 Å². The van der Waals surface area contributed by atoms with Gasteiger partial charge in [0.25, 0.3) is 5.69 Å². The lowest BCUT2D eigenvalue weighted by Crippen LogP contribution is -2.45. The maximum absolute atomic E-state index is 13.5. The predicted octanol–water partition coefficient (Wildman–Crippen LogP) is 7.42. The first-order valence-electron chi connectivity index (χ1n) is 15.2. The van der Waals surface area contributed by atoms with Crippen molar-refractivity contribution >= 4 is 17.4 Å². The molecule has 3 aromatic rings. The summed E-state index contributed by atoms with van der Waals surface area (Å²) in [6.07, 6.45) is 5.58. The van der Waals surface area contributed by atoms with Gasteiger partial charge in [0.2, 0.25) is 5.75 Å². The molecule has 0 saturated heterocycles. The summed E-state index contributed by atoms with van der Waals surface area (Å²) < 4.78 is 24.1. The summed E-state index contributed by atoms with van der Waals surface area (Å²) in [6, 6.07) is 14.7. The number of rotatable bonds is 8. The van der Waals surface area contributed by atoms with E-state index in [0.29, 0.717) is 40.6 Å². The molecule has 0 N–H and O–H groups in total. The Morgan fingerprint density at radius 3 is 2.39 bits per heavy atom. The van der Waals surface area contributed by atoms with Gasteiger partial charge in [-0.3, -0.25) is 19.7 Å². The minimum atomic E-state index is -0.532. The van der Waals surface area contributed by atoms with E-state index in [1.165, 1.54) is 30.7 Å². The summed E-state index contributed by atoms with van der Waals surface area (Å²) >= 11 is 0. The molecule has 9 nitrogen and oxygen atoms in total. The molecule has 0 amide bonds. The molecule has 0 radical (unpaired) electrons. The van der Waals surface area contributed by atoms with Crippen LogP contribution in [0.1, 0.15) is 78.9 Å². The number of esters is 1. The molecule has 3 aliphatic rings. The number of ether oxygens (including phenoxy) is 4. The Balaban J connectivity index is 1.38. The molecule has 3 aromatic carbocycles. The second-order valence-electron chi connectivity index (χ2n) is 12.4. The van der Waals surface area contributed by atoms with Crippen LogP contribution in [0.15, 0.2) is 54.6 Å². The molecule has 6 rings (SSSR count). The van der Waals surface area contributed by atoms with Crippen LogP contribution in [0.2, 0.25) is 0 Å². The second-order valence-corrected chi connectivity index (χ2v) is 12.4. The summed E-state index contributed by atoms with van der Waals surface area (Å²) in [7, 11) is 3.16. The summed E-state index contributed by atoms with van der Waals surface area (Å²) in [5.74, 6) is 2.13. The van der Waals surface area contributed by atoms with Gasteiger partial charge in [-0.15, -0.1) is 0 Å². The molecule has 2 fully saturated rings. The van der Waals surface area contributed by atoms with Gasteiger partial charge in [-0.1, -0.05) is 37.3 Å². The fourth-order valence-electron chi connectivity index (χ4n) is 8.21. The molecule has 0 aromatic heterocycles. The van der Waals surface area contributed by atoms with E-state index in [1.54, 1.807) is 44.6 Å². The first-order chi connectivity index (χ1) is 21.2. The average molecular weight is 600 g/mol. The first kappa shape index (κ1) is 29.7. The number of methoxy groups -OCH3 is 2. The van der Waals surface area contributed by atoms with Crippen LogP contribution in [0.3, 0.4) is 0 Å². The third-order valence-corrected chi connectivity index (χ3v) is 10.2. The monoisotopic (exact) mass is 599 g/mol. The number of hydrogen-bond acceptors (Lipinski definition) is 8. The average Bonchev–Trinajstić information content (AvgIpc) is 3.35. The standard InChI is InChI=1S/C35H37NO8/c1-20(37)43-31-15-13-28-24-11-12-25-26(23(24)16-17-35(28,31)2)19-30(41-3)34(33(25)42-4)44-29-14-10-22(36(39)40)18-27(29)32(38)21-8-6-5-7-9-21/h5-10,14,18-19,23-24,28,31H,11-13,15-17H2,1-4H3/t23-,24+,28-,31-,35-/m0/s1. The fraction of sp³-hybridized carbons (Fsp3) is 0.429. The van der Waals surface area contributed by atoms with E-state index in [9.17, 15) is 19.7 Å². The number of carbonyl (C=O) groups excluding carboxylic acids is 2. The van der Waals surface area contributed by atoms with Crippen molar-refractivity contribution in [1.82, 2.24) is 0 Å². The molecule has 3 aliphatic carbocycles. The molecule has 0 aliphatic heterocycles. The largest absolute Gasteiger partial charge is 0.493 e. The van der Waals surface area contributed by atoms with Crippen LogP contribution in [0.25, 0.3) is 0 Å². The van der Waals surface area contributed by atoms with Crippen molar-refractivity contribution in [2.75, 3.05) is 14.2 Å². The Hall–Kier alpha value is -4.40. The lowest BCUT2D eigenvalue weighted by molar-refractivity contribution is -0.384. The first-order valence-corrected chi connectivity index (χ1v) is 15.2. The summed E-state index contributed by atoms with van der Waals surface area (Å²) in [4.78, 5) is 36.4. The maximum atomic E-state index is 13.5. The predicted molar refractivity (Wildman–Crippen MR) is 163 cm³/mol. The molecule has 44 heavy (non-hydrogen) atoms. The van der Waals surface area contributed by atoms with Gasteiger partial charge in [0.1, 0.15) is 11.9 Å². The van der Waals surface area contributed by atoms with Gasteiger partial charge in [-0.25, -0.2) is 0 Å². The Bertz CT molecular complexity index is 1620. The molecule has 0 spiro atoms. The number of fused-ring (bicyclic) bond motifs is 5. The van der Waals surface area contributed by atoms with Crippen molar-refractivity contribution in [3.63, 3.8) is 0 Å². The van der Waals surface area contributed by atoms with Crippen LogP contribution in [0, 0.1) is 27.4 Å². The number of benzene rings is 3. The van der Waals surface area contributed by atoms with Gasteiger partial charge in [0, 0.05) is 35.6 Å². The zero-order valence-corrected chi connectivity index (χ0v) is 25.5. The Kier molecular flexibility index (Phi) is 7.82. The van der Waals surface area contributed by atoms with Crippen molar-refractivity contribution in [2.24, 2.45) is 17.3 Å². The summed E-state index contributed by atoms with van der Waals surface area (Å²) in [5.41, 5.74) is 2.46. The van der Waals surface area contributed by atoms with Gasteiger partial charge in [0.05, 0.1) is 24.7 Å². The second kappa shape index (κ2) is 11.6. The maximum Gasteiger partial charge on any atom is 0.302 e. The number of nitro groups is 1. The van der Waals surface area contributed by atoms with Gasteiger partial charge < -0.3 is 18.9 Å². The van der Waals surface area contributed by atoms with E-state index >= 15 is 0 Å². The fourth-order valence-corrected chi connectivity index (χ4v) is 8.21. The lowest BCUT2D eigenvalue weighted by Gasteiger charge is -2.50. The lowest BCUT2D eigenvalue weighted by atomic mass is 9.55. The number of ketones is 1. The van der Waals surface area contributed by atoms with Gasteiger partial charge >= 0.3 is 5.97 Å². The van der Waals surface area contributed by atoms with Crippen molar-refractivity contribution in [1.29, 1.82) is 0 Å².